The molecule has 31 heavy (non-hydrogen) atoms. The first-order chi connectivity index (χ1) is 15.0. The monoisotopic (exact) mass is 419 g/mol. The Balaban J connectivity index is 1.74. The molecule has 0 unspecified atom stereocenters. The summed E-state index contributed by atoms with van der Waals surface area (Å²) in [4.78, 5) is 43.2. The predicted octanol–water partition coefficient (Wildman–Crippen LogP) is 2.83. The van der Waals surface area contributed by atoms with Gasteiger partial charge < -0.3 is 14.6 Å². The first-order valence-electron chi connectivity index (χ1n) is 10.2. The van der Waals surface area contributed by atoms with Gasteiger partial charge in [-0.15, -0.1) is 0 Å². The Kier molecular flexibility index (Phi) is 4.50. The highest BCUT2D eigenvalue weighted by Gasteiger charge is 2.60. The lowest BCUT2D eigenvalue weighted by atomic mass is 9.71. The van der Waals surface area contributed by atoms with Crippen LogP contribution in [0.25, 0.3) is 10.9 Å². The molecule has 1 saturated heterocycles. The lowest BCUT2D eigenvalue weighted by Gasteiger charge is -2.45. The number of nitrogens with zero attached hydrogens (tertiary/aromatic N) is 2. The van der Waals surface area contributed by atoms with Crippen molar-refractivity contribution in [2.24, 2.45) is 5.92 Å². The van der Waals surface area contributed by atoms with E-state index in [4.69, 9.17) is 4.74 Å². The van der Waals surface area contributed by atoms with E-state index in [1.165, 1.54) is 12.0 Å². The lowest BCUT2D eigenvalue weighted by molar-refractivity contribution is -0.539. The van der Waals surface area contributed by atoms with Gasteiger partial charge in [0.05, 0.1) is 13.0 Å². The summed E-state index contributed by atoms with van der Waals surface area (Å²) in [6.45, 7) is 0.317. The summed E-state index contributed by atoms with van der Waals surface area (Å²) in [5, 5.41) is 13.5. The molecule has 0 spiro atoms. The fourth-order valence-corrected chi connectivity index (χ4v) is 5.28. The normalized spacial score (nSPS) is 25.1. The molecule has 1 aromatic heterocycles. The Labute approximate surface area is 178 Å². The topological polar surface area (TPSA) is 106 Å². The number of hydrogen-bond acceptors (Lipinski definition) is 5. The van der Waals surface area contributed by atoms with Gasteiger partial charge in [0, 0.05) is 28.1 Å². The van der Waals surface area contributed by atoms with Crippen molar-refractivity contribution < 1.29 is 19.2 Å². The summed E-state index contributed by atoms with van der Waals surface area (Å²) < 4.78 is 4.92. The van der Waals surface area contributed by atoms with Gasteiger partial charge in [-0.1, -0.05) is 48.5 Å². The van der Waals surface area contributed by atoms with Crippen LogP contribution in [0.2, 0.25) is 0 Å². The molecule has 3 heterocycles. The molecular weight excluding hydrogens is 398 g/mol. The van der Waals surface area contributed by atoms with Crippen molar-refractivity contribution in [3.8, 4) is 0 Å². The quantitative estimate of drug-likeness (QED) is 0.304. The van der Waals surface area contributed by atoms with Crippen molar-refractivity contribution in [3.05, 3.63) is 81.5 Å². The fourth-order valence-electron chi connectivity index (χ4n) is 5.28. The van der Waals surface area contributed by atoms with Crippen LogP contribution in [0, 0.1) is 16.0 Å². The minimum atomic E-state index is -1.26. The van der Waals surface area contributed by atoms with E-state index in [1.54, 1.807) is 30.3 Å². The number of aromatic amines is 1. The van der Waals surface area contributed by atoms with Crippen LogP contribution in [0.5, 0.6) is 0 Å². The van der Waals surface area contributed by atoms with Crippen LogP contribution in [0.1, 0.15) is 28.8 Å². The van der Waals surface area contributed by atoms with Crippen LogP contribution in [0.4, 0.5) is 0 Å². The van der Waals surface area contributed by atoms with Gasteiger partial charge in [-0.25, -0.2) is 0 Å². The van der Waals surface area contributed by atoms with Crippen LogP contribution >= 0.6 is 0 Å². The SMILES string of the molecule is COC(=O)[C@@H]1C(=O)N2CCc3c([nH]c4ccccc34)[C@H]2[C@H]([N+](=O)[O-])[C@H]1c1ccccc1. The number of amides is 1. The predicted molar refractivity (Wildman–Crippen MR) is 112 cm³/mol. The zero-order valence-corrected chi connectivity index (χ0v) is 16.9. The molecule has 1 N–H and O–H groups in total. The Morgan fingerprint density at radius 3 is 2.58 bits per heavy atom. The van der Waals surface area contributed by atoms with E-state index in [0.29, 0.717) is 24.2 Å². The highest BCUT2D eigenvalue weighted by Crippen LogP contribution is 2.48. The largest absolute Gasteiger partial charge is 0.468 e. The van der Waals surface area contributed by atoms with E-state index in [-0.39, 0.29) is 4.92 Å². The van der Waals surface area contributed by atoms with Gasteiger partial charge in [0.2, 0.25) is 11.9 Å². The van der Waals surface area contributed by atoms with Gasteiger partial charge in [-0.05, 0) is 23.6 Å². The number of aromatic nitrogens is 1. The molecule has 5 rings (SSSR count). The van der Waals surface area contributed by atoms with Crippen molar-refractivity contribution in [2.45, 2.75) is 24.4 Å². The highest BCUT2D eigenvalue weighted by molar-refractivity contribution is 6.00. The number of para-hydroxylation sites is 1. The molecule has 158 valence electrons. The average molecular weight is 419 g/mol. The molecule has 1 amide bonds. The Morgan fingerprint density at radius 1 is 1.16 bits per heavy atom. The number of piperidine rings is 1. The van der Waals surface area contributed by atoms with Crippen LogP contribution in [-0.2, 0) is 20.7 Å². The number of rotatable bonds is 3. The number of hydrogen-bond donors (Lipinski definition) is 1. The molecule has 0 radical (unpaired) electrons. The van der Waals surface area contributed by atoms with Crippen molar-refractivity contribution >= 4 is 22.8 Å². The summed E-state index contributed by atoms with van der Waals surface area (Å²) in [6.07, 6.45) is 0.565. The maximum absolute atomic E-state index is 13.5. The van der Waals surface area contributed by atoms with Crippen LogP contribution < -0.4 is 0 Å². The summed E-state index contributed by atoms with van der Waals surface area (Å²) >= 11 is 0. The summed E-state index contributed by atoms with van der Waals surface area (Å²) in [6, 6.07) is 14.5. The molecule has 2 aromatic carbocycles. The number of nitrogens with one attached hydrogen (secondary N) is 1. The van der Waals surface area contributed by atoms with E-state index in [9.17, 15) is 19.7 Å². The number of fused-ring (bicyclic) bond motifs is 5. The van der Waals surface area contributed by atoms with E-state index in [2.05, 4.69) is 4.98 Å². The van der Waals surface area contributed by atoms with E-state index in [0.717, 1.165) is 16.5 Å². The number of benzene rings is 2. The molecule has 1 fully saturated rings. The number of carbonyl (C=O) groups excluding carboxylic acids is 2. The van der Waals surface area contributed by atoms with Crippen LogP contribution in [-0.4, -0.2) is 46.4 Å². The van der Waals surface area contributed by atoms with Crippen LogP contribution in [0.3, 0.4) is 0 Å². The molecule has 0 saturated carbocycles. The Hall–Kier alpha value is -3.68. The molecule has 4 atom stereocenters. The average Bonchev–Trinajstić information content (AvgIpc) is 3.17. The summed E-state index contributed by atoms with van der Waals surface area (Å²) in [7, 11) is 1.21. The molecule has 8 heteroatoms. The first-order valence-corrected chi connectivity index (χ1v) is 10.2. The van der Waals surface area contributed by atoms with Gasteiger partial charge in [0.25, 0.3) is 0 Å². The molecule has 0 bridgehead atoms. The molecule has 2 aliphatic rings. The van der Waals surface area contributed by atoms with Crippen molar-refractivity contribution in [1.29, 1.82) is 0 Å². The van der Waals surface area contributed by atoms with E-state index in [1.807, 2.05) is 24.3 Å². The van der Waals surface area contributed by atoms with Crippen molar-refractivity contribution in [3.63, 3.8) is 0 Å². The minimum Gasteiger partial charge on any atom is -0.468 e. The highest BCUT2D eigenvalue weighted by atomic mass is 16.6. The van der Waals surface area contributed by atoms with E-state index < -0.39 is 35.8 Å². The third kappa shape index (κ3) is 2.82. The molecule has 0 aliphatic carbocycles. The molecular formula is C23H21N3O5. The van der Waals surface area contributed by atoms with Crippen molar-refractivity contribution in [2.75, 3.05) is 13.7 Å². The third-order valence-electron chi connectivity index (χ3n) is 6.56. The number of H-pyrrole nitrogens is 1. The standard InChI is InChI=1S/C23H21N3O5/c1-31-23(28)18-17(13-7-3-2-4-8-13)20(26(29)30)21-19-15(11-12-25(21)22(18)27)14-9-5-6-10-16(14)24-19/h2-10,17-18,20-21,24H,11-12H2,1H3/t17-,18-,20+,21-/m0/s1. The van der Waals surface area contributed by atoms with Gasteiger partial charge in [-0.2, -0.15) is 0 Å². The zero-order valence-electron chi connectivity index (χ0n) is 16.9. The number of esters is 1. The minimum absolute atomic E-state index is 0.317. The molecule has 8 nitrogen and oxygen atoms in total. The Morgan fingerprint density at radius 2 is 1.87 bits per heavy atom. The van der Waals surface area contributed by atoms with Gasteiger partial charge in [-0.3, -0.25) is 19.7 Å². The number of nitro groups is 1. The summed E-state index contributed by atoms with van der Waals surface area (Å²) in [5.41, 5.74) is 3.15. The maximum Gasteiger partial charge on any atom is 0.319 e. The zero-order chi connectivity index (χ0) is 21.7. The number of carbonyl (C=O) groups is 2. The van der Waals surface area contributed by atoms with Crippen molar-refractivity contribution in [1.82, 2.24) is 9.88 Å². The van der Waals surface area contributed by atoms with Gasteiger partial charge >= 0.3 is 5.97 Å². The third-order valence-corrected chi connectivity index (χ3v) is 6.56. The van der Waals surface area contributed by atoms with E-state index >= 15 is 0 Å². The Bertz CT molecular complexity index is 1190. The van der Waals surface area contributed by atoms with Gasteiger partial charge in [0.1, 0.15) is 12.0 Å². The fraction of sp³-hybridized carbons (Fsp3) is 0.304. The second kappa shape index (κ2) is 7.23. The number of methoxy groups -OCH3 is 1. The maximum atomic E-state index is 13.5. The first kappa shape index (κ1) is 19.3. The second-order valence-corrected chi connectivity index (χ2v) is 8.00. The smallest absolute Gasteiger partial charge is 0.319 e. The molecule has 2 aliphatic heterocycles. The van der Waals surface area contributed by atoms with Gasteiger partial charge in [0.15, 0.2) is 0 Å². The second-order valence-electron chi connectivity index (χ2n) is 8.00. The molecule has 3 aromatic rings. The summed E-state index contributed by atoms with van der Waals surface area (Å²) in [5.74, 6) is -3.36. The number of ether oxygens (including phenoxy) is 1. The van der Waals surface area contributed by atoms with Crippen LogP contribution in [0.15, 0.2) is 54.6 Å². The lowest BCUT2D eigenvalue weighted by Crippen LogP contribution is -2.60.